The van der Waals surface area contributed by atoms with Gasteiger partial charge in [-0.2, -0.15) is 17.2 Å². The minimum absolute atomic E-state index is 0.345. The molecule has 4 rings (SSSR count). The largest absolute Gasteiger partial charge is 0.458 e. The second-order valence-electron chi connectivity index (χ2n) is 12.1. The topological polar surface area (TPSA) is 169 Å². The van der Waals surface area contributed by atoms with Gasteiger partial charge in [-0.05, 0) is 39.0 Å². The van der Waals surface area contributed by atoms with Gasteiger partial charge in [-0.15, -0.1) is 0 Å². The highest BCUT2D eigenvalue weighted by Crippen LogP contribution is 2.60. The smallest absolute Gasteiger partial charge is 0.405 e. The molecular formula is C26H36F2O12S. The molecule has 4 aliphatic rings. The molecule has 7 atom stereocenters. The predicted octanol–water partition coefficient (Wildman–Crippen LogP) is 2.43. The van der Waals surface area contributed by atoms with Gasteiger partial charge in [0.25, 0.3) is 0 Å². The molecule has 0 aromatic carbocycles. The molecule has 15 heteroatoms. The molecule has 41 heavy (non-hydrogen) atoms. The fourth-order valence-electron chi connectivity index (χ4n) is 7.03. The molecule has 1 N–H and O–H groups in total. The van der Waals surface area contributed by atoms with Crippen molar-refractivity contribution < 1.29 is 64.6 Å². The first-order valence-corrected chi connectivity index (χ1v) is 15.1. The number of esters is 4. The van der Waals surface area contributed by atoms with Crippen molar-refractivity contribution in [3.8, 4) is 0 Å². The third kappa shape index (κ3) is 5.56. The van der Waals surface area contributed by atoms with Crippen molar-refractivity contribution >= 4 is 34.0 Å². The van der Waals surface area contributed by atoms with Crippen molar-refractivity contribution in [3.63, 3.8) is 0 Å². The average molecular weight is 611 g/mol. The highest BCUT2D eigenvalue weighted by Gasteiger charge is 2.70. The Bertz CT molecular complexity index is 1180. The van der Waals surface area contributed by atoms with Crippen molar-refractivity contribution in [2.24, 2.45) is 29.1 Å². The van der Waals surface area contributed by atoms with Crippen LogP contribution in [-0.4, -0.2) is 79.7 Å². The zero-order chi connectivity index (χ0) is 30.5. The van der Waals surface area contributed by atoms with Crippen LogP contribution in [0.3, 0.4) is 0 Å². The third-order valence-electron chi connectivity index (χ3n) is 9.19. The van der Waals surface area contributed by atoms with Gasteiger partial charge in [0.05, 0.1) is 31.3 Å². The first kappa shape index (κ1) is 31.5. The summed E-state index contributed by atoms with van der Waals surface area (Å²) in [7, 11) is -4.26. The summed E-state index contributed by atoms with van der Waals surface area (Å²) in [5.74, 6) is -5.84. The van der Waals surface area contributed by atoms with Crippen LogP contribution >= 0.6 is 0 Å². The number of carbonyl (C=O) groups is 4. The minimum atomic E-state index is -5.83. The maximum atomic E-state index is 13.7. The number of rotatable bonds is 12. The molecule has 3 saturated carbocycles. The molecule has 0 amide bonds. The SMILES string of the molecule is COCC(C)(C)C1(OC(=O)C2C3CC4C(OC(=O)C42)C3OC(=O)CCC(=O)OC(C)C(F)(F)S(=O)(=O)O)CCCC1. The molecule has 0 aromatic rings. The van der Waals surface area contributed by atoms with E-state index in [1.165, 1.54) is 0 Å². The number of carbonyl (C=O) groups excluding carboxylic acids is 4. The summed E-state index contributed by atoms with van der Waals surface area (Å²) in [6.07, 6.45) is -2.10. The summed E-state index contributed by atoms with van der Waals surface area (Å²) in [4.78, 5) is 51.0. The standard InChI is InChI=1S/C26H36F2O12S/c1-13(26(27,28)41(33,34)35)37-16(29)7-8-17(30)38-20-15-11-14-18(22(31)39-21(14)20)19(15)23(32)40-25(9-5-6-10-25)24(2,3)12-36-4/h13-15,18-21H,5-12H2,1-4H3,(H,33,34,35). The van der Waals surface area contributed by atoms with Gasteiger partial charge in [0.2, 0.25) is 0 Å². The van der Waals surface area contributed by atoms with Gasteiger partial charge in [-0.1, -0.05) is 13.8 Å². The molecule has 1 heterocycles. The van der Waals surface area contributed by atoms with E-state index in [-0.39, 0.29) is 5.92 Å². The van der Waals surface area contributed by atoms with Crippen molar-refractivity contribution in [2.45, 2.75) is 94.9 Å². The van der Waals surface area contributed by atoms with E-state index in [0.29, 0.717) is 32.8 Å². The van der Waals surface area contributed by atoms with Crippen LogP contribution < -0.4 is 0 Å². The van der Waals surface area contributed by atoms with Crippen LogP contribution in [0.15, 0.2) is 0 Å². The van der Waals surface area contributed by atoms with Crippen LogP contribution in [0.5, 0.6) is 0 Å². The van der Waals surface area contributed by atoms with Crippen molar-refractivity contribution in [1.29, 1.82) is 0 Å². The van der Waals surface area contributed by atoms with E-state index in [1.54, 1.807) is 7.11 Å². The van der Waals surface area contributed by atoms with Crippen molar-refractivity contribution in [3.05, 3.63) is 0 Å². The molecule has 1 aliphatic heterocycles. The molecule has 0 aromatic heterocycles. The number of halogens is 2. The molecule has 7 unspecified atom stereocenters. The van der Waals surface area contributed by atoms with E-state index >= 15 is 0 Å². The quantitative estimate of drug-likeness (QED) is 0.195. The number of methoxy groups -OCH3 is 1. The Hall–Kier alpha value is -2.39. The van der Waals surface area contributed by atoms with E-state index in [9.17, 15) is 36.4 Å². The highest BCUT2D eigenvalue weighted by atomic mass is 32.2. The first-order chi connectivity index (χ1) is 19.0. The lowest BCUT2D eigenvalue weighted by atomic mass is 9.73. The zero-order valence-electron chi connectivity index (χ0n) is 23.3. The highest BCUT2D eigenvalue weighted by molar-refractivity contribution is 7.86. The van der Waals surface area contributed by atoms with Crippen LogP contribution in [0.25, 0.3) is 0 Å². The first-order valence-electron chi connectivity index (χ1n) is 13.6. The molecule has 0 spiro atoms. The Morgan fingerprint density at radius 2 is 1.73 bits per heavy atom. The third-order valence-corrected chi connectivity index (χ3v) is 10.2. The normalized spacial score (nSPS) is 31.0. The number of hydrogen-bond donors (Lipinski definition) is 1. The predicted molar refractivity (Wildman–Crippen MR) is 133 cm³/mol. The van der Waals surface area contributed by atoms with E-state index in [4.69, 9.17) is 23.5 Å². The summed E-state index contributed by atoms with van der Waals surface area (Å²) in [5, 5.41) is -4.74. The molecule has 4 fully saturated rings. The summed E-state index contributed by atoms with van der Waals surface area (Å²) in [6, 6.07) is 0. The lowest BCUT2D eigenvalue weighted by Crippen LogP contribution is -2.51. The van der Waals surface area contributed by atoms with Crippen LogP contribution in [0.4, 0.5) is 8.78 Å². The summed E-state index contributed by atoms with van der Waals surface area (Å²) in [5.41, 5.74) is -1.27. The van der Waals surface area contributed by atoms with Gasteiger partial charge in [0, 0.05) is 24.4 Å². The fraction of sp³-hybridized carbons (Fsp3) is 0.846. The van der Waals surface area contributed by atoms with Crippen LogP contribution in [-0.2, 0) is 53.0 Å². The van der Waals surface area contributed by atoms with Crippen LogP contribution in [0, 0.1) is 29.1 Å². The molecule has 3 aliphatic carbocycles. The van der Waals surface area contributed by atoms with Crippen LogP contribution in [0.1, 0.15) is 65.7 Å². The maximum Gasteiger partial charge on any atom is 0.405 e. The molecule has 232 valence electrons. The van der Waals surface area contributed by atoms with Crippen molar-refractivity contribution in [2.75, 3.05) is 13.7 Å². The van der Waals surface area contributed by atoms with Crippen molar-refractivity contribution in [1.82, 2.24) is 0 Å². The second-order valence-corrected chi connectivity index (χ2v) is 13.6. The monoisotopic (exact) mass is 610 g/mol. The van der Waals surface area contributed by atoms with E-state index < -0.39 is 99.2 Å². The summed E-state index contributed by atoms with van der Waals surface area (Å²) < 4.78 is 84.5. The molecular weight excluding hydrogens is 574 g/mol. The average Bonchev–Trinajstić information content (AvgIpc) is 3.61. The molecule has 2 bridgehead atoms. The number of ether oxygens (including phenoxy) is 5. The lowest BCUT2D eigenvalue weighted by Gasteiger charge is -2.44. The summed E-state index contributed by atoms with van der Waals surface area (Å²) in [6.45, 7) is 4.88. The fourth-order valence-corrected chi connectivity index (χ4v) is 7.50. The lowest BCUT2D eigenvalue weighted by molar-refractivity contribution is -0.190. The van der Waals surface area contributed by atoms with Gasteiger partial charge in [-0.25, -0.2) is 0 Å². The number of hydrogen-bond acceptors (Lipinski definition) is 11. The number of fused-ring (bicyclic) bond motifs is 1. The van der Waals surface area contributed by atoms with E-state index in [1.807, 2.05) is 13.8 Å². The van der Waals surface area contributed by atoms with E-state index in [2.05, 4.69) is 4.74 Å². The molecule has 12 nitrogen and oxygen atoms in total. The zero-order valence-corrected chi connectivity index (χ0v) is 24.1. The maximum absolute atomic E-state index is 13.7. The minimum Gasteiger partial charge on any atom is -0.458 e. The van der Waals surface area contributed by atoms with Crippen LogP contribution in [0.2, 0.25) is 0 Å². The Kier molecular flexibility index (Phi) is 8.48. The Morgan fingerprint density at radius 1 is 1.12 bits per heavy atom. The summed E-state index contributed by atoms with van der Waals surface area (Å²) >= 11 is 0. The second kappa shape index (κ2) is 11.0. The molecule has 0 radical (unpaired) electrons. The Morgan fingerprint density at radius 3 is 2.32 bits per heavy atom. The Labute approximate surface area is 236 Å². The van der Waals surface area contributed by atoms with E-state index in [0.717, 1.165) is 12.8 Å². The van der Waals surface area contributed by atoms with Gasteiger partial charge in [-0.3, -0.25) is 23.7 Å². The van der Waals surface area contributed by atoms with Gasteiger partial charge in [0.1, 0.15) is 17.8 Å². The van der Waals surface area contributed by atoms with Gasteiger partial charge < -0.3 is 23.7 Å². The van der Waals surface area contributed by atoms with Gasteiger partial charge in [0.15, 0.2) is 6.10 Å². The van der Waals surface area contributed by atoms with Gasteiger partial charge >= 0.3 is 39.2 Å². The Balaban J connectivity index is 1.40. The molecule has 1 saturated heterocycles. The number of alkyl halides is 2.